The first kappa shape index (κ1) is 12.3. The van der Waals surface area contributed by atoms with E-state index in [0.29, 0.717) is 12.2 Å². The van der Waals surface area contributed by atoms with Gasteiger partial charge < -0.3 is 15.8 Å². The quantitative estimate of drug-likeness (QED) is 0.864. The molecule has 0 bridgehead atoms. The largest absolute Gasteiger partial charge is 0.383 e. The van der Waals surface area contributed by atoms with E-state index in [4.69, 9.17) is 10.5 Å². The van der Waals surface area contributed by atoms with Crippen molar-refractivity contribution < 1.29 is 9.53 Å². The van der Waals surface area contributed by atoms with Crippen molar-refractivity contribution in [1.29, 1.82) is 0 Å². The van der Waals surface area contributed by atoms with E-state index >= 15 is 0 Å². The summed E-state index contributed by atoms with van der Waals surface area (Å²) in [6.07, 6.45) is 3.47. The first-order valence-corrected chi connectivity index (χ1v) is 6.26. The van der Waals surface area contributed by atoms with Gasteiger partial charge in [-0.1, -0.05) is 0 Å². The van der Waals surface area contributed by atoms with E-state index in [1.54, 1.807) is 12.3 Å². The number of anilines is 1. The molecule has 0 spiro atoms. The molecule has 1 fully saturated rings. The molecule has 3 N–H and O–H groups in total. The molecule has 92 valence electrons. The van der Waals surface area contributed by atoms with Gasteiger partial charge in [-0.25, -0.2) is 4.98 Å². The Kier molecular flexibility index (Phi) is 3.96. The highest BCUT2D eigenvalue weighted by atomic mass is 79.9. The number of carbonyl (C=O) groups is 1. The third-order valence-corrected chi connectivity index (χ3v) is 3.06. The Bertz CT molecular complexity index is 419. The lowest BCUT2D eigenvalue weighted by atomic mass is 10.1. The smallest absolute Gasteiger partial charge is 0.255 e. The van der Waals surface area contributed by atoms with Gasteiger partial charge in [-0.15, -0.1) is 0 Å². The van der Waals surface area contributed by atoms with Crippen molar-refractivity contribution in [3.05, 3.63) is 22.3 Å². The van der Waals surface area contributed by atoms with Crippen molar-refractivity contribution in [3.63, 3.8) is 0 Å². The Balaban J connectivity index is 2.05. The molecule has 1 saturated heterocycles. The number of pyridine rings is 1. The van der Waals surface area contributed by atoms with Crippen molar-refractivity contribution in [1.82, 2.24) is 10.3 Å². The zero-order valence-corrected chi connectivity index (χ0v) is 10.9. The van der Waals surface area contributed by atoms with Gasteiger partial charge >= 0.3 is 0 Å². The Morgan fingerprint density at radius 3 is 3.18 bits per heavy atom. The number of halogens is 1. The molecule has 0 radical (unpaired) electrons. The van der Waals surface area contributed by atoms with Crippen molar-refractivity contribution in [2.75, 3.05) is 18.9 Å². The Labute approximate surface area is 108 Å². The van der Waals surface area contributed by atoms with Crippen LogP contribution in [0.25, 0.3) is 0 Å². The third-order valence-electron chi connectivity index (χ3n) is 2.63. The predicted molar refractivity (Wildman–Crippen MR) is 67.7 cm³/mol. The second-order valence-electron chi connectivity index (χ2n) is 3.97. The predicted octanol–water partition coefficient (Wildman–Crippen LogP) is 1.34. The number of nitrogens with two attached hydrogens (primary N) is 1. The summed E-state index contributed by atoms with van der Waals surface area (Å²) >= 11 is 3.27. The fourth-order valence-electron chi connectivity index (χ4n) is 1.75. The maximum atomic E-state index is 12.0. The molecular formula is C11H14BrN3O2. The number of nitrogen functional groups attached to an aromatic ring is 1. The molecule has 0 saturated carbocycles. The molecule has 1 aromatic rings. The maximum Gasteiger partial charge on any atom is 0.255 e. The van der Waals surface area contributed by atoms with Crippen molar-refractivity contribution in [2.24, 2.45) is 0 Å². The normalized spacial score (nSPS) is 19.9. The van der Waals surface area contributed by atoms with Gasteiger partial charge in [-0.3, -0.25) is 4.79 Å². The lowest BCUT2D eigenvalue weighted by Gasteiger charge is -2.23. The average Bonchev–Trinajstić information content (AvgIpc) is 2.33. The number of carbonyl (C=O) groups excluding carboxylic acids is 1. The Morgan fingerprint density at radius 1 is 1.65 bits per heavy atom. The highest BCUT2D eigenvalue weighted by Gasteiger charge is 2.19. The number of nitrogens with zero attached hydrogens (tertiary/aromatic N) is 1. The molecule has 17 heavy (non-hydrogen) atoms. The van der Waals surface area contributed by atoms with Crippen LogP contribution in [0.2, 0.25) is 0 Å². The molecule has 2 heterocycles. The second kappa shape index (κ2) is 5.46. The Morgan fingerprint density at radius 2 is 2.47 bits per heavy atom. The van der Waals surface area contributed by atoms with Crippen molar-refractivity contribution in [2.45, 2.75) is 18.9 Å². The van der Waals surface area contributed by atoms with E-state index < -0.39 is 0 Å². The molecule has 5 nitrogen and oxygen atoms in total. The number of ether oxygens (including phenoxy) is 1. The molecule has 6 heteroatoms. The Hall–Kier alpha value is -1.14. The van der Waals surface area contributed by atoms with Crippen LogP contribution in [-0.2, 0) is 4.74 Å². The minimum atomic E-state index is -0.202. The average molecular weight is 300 g/mol. The molecule has 2 rings (SSSR count). The molecule has 1 unspecified atom stereocenters. The number of hydrogen-bond acceptors (Lipinski definition) is 4. The van der Waals surface area contributed by atoms with E-state index in [-0.39, 0.29) is 17.8 Å². The van der Waals surface area contributed by atoms with Gasteiger partial charge in [0.15, 0.2) is 0 Å². The SMILES string of the molecule is Nc1ncc(Br)cc1C(=O)NC1CCCOC1. The van der Waals surface area contributed by atoms with E-state index in [1.165, 1.54) is 0 Å². The number of hydrogen-bond donors (Lipinski definition) is 2. The topological polar surface area (TPSA) is 77.2 Å². The van der Waals surface area contributed by atoms with Gasteiger partial charge in [0.1, 0.15) is 5.82 Å². The summed E-state index contributed by atoms with van der Waals surface area (Å²) in [5.74, 6) is 0.0363. The fourth-order valence-corrected chi connectivity index (χ4v) is 2.08. The lowest BCUT2D eigenvalue weighted by Crippen LogP contribution is -2.40. The number of aromatic nitrogens is 1. The van der Waals surface area contributed by atoms with Gasteiger partial charge in [0, 0.05) is 17.3 Å². The van der Waals surface area contributed by atoms with Gasteiger partial charge in [-0.2, -0.15) is 0 Å². The summed E-state index contributed by atoms with van der Waals surface area (Å²) in [6, 6.07) is 1.73. The zero-order valence-electron chi connectivity index (χ0n) is 9.28. The monoisotopic (exact) mass is 299 g/mol. The van der Waals surface area contributed by atoms with Crippen LogP contribution in [0.1, 0.15) is 23.2 Å². The minimum absolute atomic E-state index is 0.0645. The third kappa shape index (κ3) is 3.17. The summed E-state index contributed by atoms with van der Waals surface area (Å²) in [7, 11) is 0. The minimum Gasteiger partial charge on any atom is -0.383 e. The summed E-state index contributed by atoms with van der Waals surface area (Å²) in [5, 5.41) is 2.90. The molecule has 1 aliphatic rings. The van der Waals surface area contributed by atoms with Crippen LogP contribution in [0.3, 0.4) is 0 Å². The summed E-state index contributed by atoms with van der Waals surface area (Å²) in [4.78, 5) is 15.9. The van der Waals surface area contributed by atoms with Crippen LogP contribution < -0.4 is 11.1 Å². The van der Waals surface area contributed by atoms with E-state index in [9.17, 15) is 4.79 Å². The van der Waals surface area contributed by atoms with Gasteiger partial charge in [0.05, 0.1) is 18.2 Å². The standard InChI is InChI=1S/C11H14BrN3O2/c12-7-4-9(10(13)14-5-7)11(16)15-8-2-1-3-17-6-8/h4-5,8H,1-3,6H2,(H2,13,14)(H,15,16). The van der Waals surface area contributed by atoms with Crippen LogP contribution >= 0.6 is 15.9 Å². The van der Waals surface area contributed by atoms with Crippen LogP contribution in [0, 0.1) is 0 Å². The molecule has 1 atom stereocenters. The molecule has 1 aliphatic heterocycles. The molecular weight excluding hydrogens is 286 g/mol. The van der Waals surface area contributed by atoms with Crippen molar-refractivity contribution in [3.8, 4) is 0 Å². The van der Waals surface area contributed by atoms with Gasteiger partial charge in [-0.05, 0) is 34.8 Å². The number of nitrogens with one attached hydrogen (secondary N) is 1. The summed E-state index contributed by atoms with van der Waals surface area (Å²) in [5.41, 5.74) is 6.06. The first-order valence-electron chi connectivity index (χ1n) is 5.46. The maximum absolute atomic E-state index is 12.0. The summed E-state index contributed by atoms with van der Waals surface area (Å²) < 4.78 is 6.04. The highest BCUT2D eigenvalue weighted by molar-refractivity contribution is 9.10. The van der Waals surface area contributed by atoms with Crippen LogP contribution in [0.4, 0.5) is 5.82 Å². The number of amides is 1. The summed E-state index contributed by atoms with van der Waals surface area (Å²) in [6.45, 7) is 1.33. The number of rotatable bonds is 2. The zero-order chi connectivity index (χ0) is 12.3. The van der Waals surface area contributed by atoms with E-state index in [2.05, 4.69) is 26.2 Å². The molecule has 0 aromatic carbocycles. The van der Waals surface area contributed by atoms with Gasteiger partial charge in [0.25, 0.3) is 5.91 Å². The van der Waals surface area contributed by atoms with Crippen LogP contribution in [0.5, 0.6) is 0 Å². The molecule has 0 aliphatic carbocycles. The fraction of sp³-hybridized carbons (Fsp3) is 0.455. The van der Waals surface area contributed by atoms with E-state index in [0.717, 1.165) is 23.9 Å². The highest BCUT2D eigenvalue weighted by Crippen LogP contribution is 2.16. The van der Waals surface area contributed by atoms with Gasteiger partial charge in [0.2, 0.25) is 0 Å². The van der Waals surface area contributed by atoms with Crippen molar-refractivity contribution >= 4 is 27.7 Å². The van der Waals surface area contributed by atoms with Crippen LogP contribution in [-0.4, -0.2) is 30.1 Å². The molecule has 1 amide bonds. The van der Waals surface area contributed by atoms with Crippen LogP contribution in [0.15, 0.2) is 16.7 Å². The first-order chi connectivity index (χ1) is 8.16. The second-order valence-corrected chi connectivity index (χ2v) is 4.89. The van der Waals surface area contributed by atoms with E-state index in [1.807, 2.05) is 0 Å². The lowest BCUT2D eigenvalue weighted by molar-refractivity contribution is 0.0624. The molecule has 1 aromatic heterocycles.